The first-order valence-electron chi connectivity index (χ1n) is 6.84. The molecular formula is C15H16ClN3O2. The van der Waals surface area contributed by atoms with Gasteiger partial charge in [-0.15, -0.1) is 0 Å². The van der Waals surface area contributed by atoms with Gasteiger partial charge in [0.1, 0.15) is 11.4 Å². The first-order chi connectivity index (χ1) is 10.1. The van der Waals surface area contributed by atoms with Gasteiger partial charge in [-0.1, -0.05) is 23.7 Å². The first kappa shape index (κ1) is 13.9. The quantitative estimate of drug-likeness (QED) is 0.885. The van der Waals surface area contributed by atoms with Crippen LogP contribution in [0.2, 0.25) is 5.02 Å². The molecule has 1 aliphatic heterocycles. The van der Waals surface area contributed by atoms with Crippen LogP contribution in [0, 0.1) is 0 Å². The summed E-state index contributed by atoms with van der Waals surface area (Å²) in [6.07, 6.45) is 0.894. The summed E-state index contributed by atoms with van der Waals surface area (Å²) in [5.41, 5.74) is 1.29. The number of nitrogens with zero attached hydrogens (tertiary/aromatic N) is 2. The summed E-state index contributed by atoms with van der Waals surface area (Å²) < 4.78 is 7.43. The van der Waals surface area contributed by atoms with Crippen LogP contribution in [0.15, 0.2) is 30.5 Å². The van der Waals surface area contributed by atoms with Crippen molar-refractivity contribution in [3.63, 3.8) is 0 Å². The van der Waals surface area contributed by atoms with Crippen LogP contribution in [-0.2, 0) is 0 Å². The number of para-hydroxylation sites is 2. The Morgan fingerprint density at radius 3 is 3.00 bits per heavy atom. The molecule has 110 valence electrons. The van der Waals surface area contributed by atoms with E-state index in [1.165, 1.54) is 6.20 Å². The maximum absolute atomic E-state index is 12.7. The summed E-state index contributed by atoms with van der Waals surface area (Å²) in [7, 11) is 0. The highest BCUT2D eigenvalue weighted by molar-refractivity contribution is 6.33. The number of aromatic nitrogens is 2. The first-order valence-corrected chi connectivity index (χ1v) is 7.22. The van der Waals surface area contributed by atoms with Gasteiger partial charge in [0, 0.05) is 6.04 Å². The number of ether oxygens (including phenoxy) is 1. The molecule has 2 heterocycles. The second-order valence-corrected chi connectivity index (χ2v) is 5.63. The molecule has 0 saturated heterocycles. The molecule has 1 aliphatic rings. The number of benzene rings is 1. The molecule has 0 bridgehead atoms. The van der Waals surface area contributed by atoms with Gasteiger partial charge in [-0.3, -0.25) is 9.48 Å². The highest BCUT2D eigenvalue weighted by Gasteiger charge is 2.31. The van der Waals surface area contributed by atoms with Gasteiger partial charge in [-0.2, -0.15) is 5.10 Å². The van der Waals surface area contributed by atoms with Crippen LogP contribution >= 0.6 is 11.6 Å². The molecule has 3 rings (SSSR count). The lowest BCUT2D eigenvalue weighted by Gasteiger charge is -2.26. The lowest BCUT2D eigenvalue weighted by Crippen LogP contribution is -2.39. The molecule has 1 aromatic heterocycles. The van der Waals surface area contributed by atoms with E-state index in [4.69, 9.17) is 16.3 Å². The van der Waals surface area contributed by atoms with Crippen LogP contribution in [0.25, 0.3) is 0 Å². The summed E-state index contributed by atoms with van der Waals surface area (Å²) in [6, 6.07) is 7.60. The van der Waals surface area contributed by atoms with Crippen molar-refractivity contribution in [1.82, 2.24) is 9.78 Å². The SMILES string of the molecule is CC(C)n1ncc(Cl)c1C(=O)C1CNc2ccccc2O1. The van der Waals surface area contributed by atoms with Crippen LogP contribution < -0.4 is 10.1 Å². The summed E-state index contributed by atoms with van der Waals surface area (Å²) >= 11 is 6.12. The van der Waals surface area contributed by atoms with Crippen molar-refractivity contribution in [1.29, 1.82) is 0 Å². The Morgan fingerprint density at radius 2 is 2.24 bits per heavy atom. The monoisotopic (exact) mass is 305 g/mol. The highest BCUT2D eigenvalue weighted by atomic mass is 35.5. The minimum Gasteiger partial charge on any atom is -0.478 e. The third-order valence-electron chi connectivity index (χ3n) is 3.40. The average molecular weight is 306 g/mol. The van der Waals surface area contributed by atoms with Crippen LogP contribution in [0.1, 0.15) is 30.4 Å². The van der Waals surface area contributed by atoms with Crippen molar-refractivity contribution < 1.29 is 9.53 Å². The van der Waals surface area contributed by atoms with Crippen LogP contribution in [-0.4, -0.2) is 28.2 Å². The van der Waals surface area contributed by atoms with E-state index in [-0.39, 0.29) is 11.8 Å². The smallest absolute Gasteiger partial charge is 0.224 e. The fourth-order valence-electron chi connectivity index (χ4n) is 2.38. The van der Waals surface area contributed by atoms with Crippen molar-refractivity contribution in [3.8, 4) is 5.75 Å². The van der Waals surface area contributed by atoms with Crippen LogP contribution in [0.3, 0.4) is 0 Å². The van der Waals surface area contributed by atoms with Gasteiger partial charge in [0.05, 0.1) is 23.5 Å². The number of carbonyl (C=O) groups is 1. The van der Waals surface area contributed by atoms with Gasteiger partial charge in [0.2, 0.25) is 5.78 Å². The largest absolute Gasteiger partial charge is 0.478 e. The summed E-state index contributed by atoms with van der Waals surface area (Å²) in [6.45, 7) is 4.32. The zero-order chi connectivity index (χ0) is 15.0. The van der Waals surface area contributed by atoms with E-state index in [1.807, 2.05) is 38.1 Å². The molecule has 1 unspecified atom stereocenters. The number of hydrogen-bond acceptors (Lipinski definition) is 4. The minimum atomic E-state index is -0.605. The third-order valence-corrected chi connectivity index (χ3v) is 3.68. The second-order valence-electron chi connectivity index (χ2n) is 5.23. The Morgan fingerprint density at radius 1 is 1.48 bits per heavy atom. The average Bonchev–Trinajstić information content (AvgIpc) is 2.88. The summed E-state index contributed by atoms with van der Waals surface area (Å²) in [4.78, 5) is 12.7. The van der Waals surface area contributed by atoms with Crippen molar-refractivity contribution in [2.75, 3.05) is 11.9 Å². The van der Waals surface area contributed by atoms with E-state index in [0.29, 0.717) is 23.0 Å². The fourth-order valence-corrected chi connectivity index (χ4v) is 2.60. The predicted molar refractivity (Wildman–Crippen MR) is 81.3 cm³/mol. The Balaban J connectivity index is 1.89. The minimum absolute atomic E-state index is 0.0558. The van der Waals surface area contributed by atoms with Crippen molar-refractivity contribution in [3.05, 3.63) is 41.2 Å². The van der Waals surface area contributed by atoms with Crippen molar-refractivity contribution in [2.45, 2.75) is 26.0 Å². The standard InChI is InChI=1S/C15H16ClN3O2/c1-9(2)19-14(10(16)7-18-19)15(20)13-8-17-11-5-3-4-6-12(11)21-13/h3-7,9,13,17H,8H2,1-2H3. The maximum Gasteiger partial charge on any atom is 0.224 e. The Labute approximate surface area is 127 Å². The number of anilines is 1. The van der Waals surface area contributed by atoms with E-state index in [2.05, 4.69) is 10.4 Å². The zero-order valence-corrected chi connectivity index (χ0v) is 12.6. The van der Waals surface area contributed by atoms with E-state index in [1.54, 1.807) is 4.68 Å². The lowest BCUT2D eigenvalue weighted by atomic mass is 10.1. The number of Topliss-reactive ketones (excluding diaryl/α,β-unsaturated/α-hetero) is 1. The van der Waals surface area contributed by atoms with Gasteiger partial charge in [-0.05, 0) is 26.0 Å². The normalized spacial score (nSPS) is 17.0. The van der Waals surface area contributed by atoms with Gasteiger partial charge >= 0.3 is 0 Å². The summed E-state index contributed by atoms with van der Waals surface area (Å²) in [5, 5.41) is 7.73. The molecule has 0 amide bonds. The number of hydrogen-bond donors (Lipinski definition) is 1. The van der Waals surface area contributed by atoms with E-state index < -0.39 is 6.10 Å². The molecule has 0 radical (unpaired) electrons. The molecule has 5 nitrogen and oxygen atoms in total. The van der Waals surface area contributed by atoms with Crippen molar-refractivity contribution in [2.24, 2.45) is 0 Å². The molecule has 21 heavy (non-hydrogen) atoms. The number of carbonyl (C=O) groups excluding carboxylic acids is 1. The molecule has 2 aromatic rings. The number of nitrogens with one attached hydrogen (secondary N) is 1. The Bertz CT molecular complexity index is 681. The van der Waals surface area contributed by atoms with Gasteiger partial charge in [0.15, 0.2) is 6.10 Å². The van der Waals surface area contributed by atoms with Crippen LogP contribution in [0.5, 0.6) is 5.75 Å². The number of fused-ring (bicyclic) bond motifs is 1. The number of rotatable bonds is 3. The fraction of sp³-hybridized carbons (Fsp3) is 0.333. The van der Waals surface area contributed by atoms with E-state index in [0.717, 1.165) is 5.69 Å². The third kappa shape index (κ3) is 2.49. The van der Waals surface area contributed by atoms with Gasteiger partial charge < -0.3 is 10.1 Å². The molecule has 0 saturated carbocycles. The number of halogens is 1. The predicted octanol–water partition coefficient (Wildman–Crippen LogP) is 3.17. The van der Waals surface area contributed by atoms with E-state index >= 15 is 0 Å². The molecule has 0 aliphatic carbocycles. The Kier molecular flexibility index (Phi) is 3.59. The second kappa shape index (κ2) is 5.41. The zero-order valence-electron chi connectivity index (χ0n) is 11.8. The van der Waals surface area contributed by atoms with E-state index in [9.17, 15) is 4.79 Å². The molecule has 1 N–H and O–H groups in total. The highest BCUT2D eigenvalue weighted by Crippen LogP contribution is 2.30. The molecule has 0 fully saturated rings. The molecule has 1 aromatic carbocycles. The molecule has 0 spiro atoms. The maximum atomic E-state index is 12.7. The molecule has 1 atom stereocenters. The Hall–Kier alpha value is -2.01. The van der Waals surface area contributed by atoms with Crippen LogP contribution in [0.4, 0.5) is 5.69 Å². The number of ketones is 1. The molecule has 6 heteroatoms. The lowest BCUT2D eigenvalue weighted by molar-refractivity contribution is 0.0788. The topological polar surface area (TPSA) is 56.2 Å². The molecular weight excluding hydrogens is 290 g/mol. The van der Waals surface area contributed by atoms with Gasteiger partial charge in [0.25, 0.3) is 0 Å². The van der Waals surface area contributed by atoms with Gasteiger partial charge in [-0.25, -0.2) is 0 Å². The van der Waals surface area contributed by atoms with Crippen molar-refractivity contribution >= 4 is 23.1 Å². The summed E-state index contributed by atoms with van der Waals surface area (Å²) in [5.74, 6) is 0.516.